The number of ether oxygens (including phenoxy) is 1. The van der Waals surface area contributed by atoms with Crippen LogP contribution in [0.15, 0.2) is 41.3 Å². The average Bonchev–Trinajstić information content (AvgIpc) is 2.54. The third kappa shape index (κ3) is 4.38. The van der Waals surface area contributed by atoms with Gasteiger partial charge in [-0.3, -0.25) is 0 Å². The van der Waals surface area contributed by atoms with E-state index in [0.29, 0.717) is 16.9 Å². The van der Waals surface area contributed by atoms with Crippen molar-refractivity contribution in [3.63, 3.8) is 0 Å². The molecule has 0 fully saturated rings. The molecule has 2 aromatic rings. The fourth-order valence-electron chi connectivity index (χ4n) is 2.71. The summed E-state index contributed by atoms with van der Waals surface area (Å²) in [4.78, 5) is 0.228. The van der Waals surface area contributed by atoms with Crippen LogP contribution in [0.2, 0.25) is 0 Å². The molecular weight excluding hydrogens is 341 g/mol. The summed E-state index contributed by atoms with van der Waals surface area (Å²) >= 11 is 0. The van der Waals surface area contributed by atoms with E-state index < -0.39 is 16.1 Å². The second-order valence-corrected chi connectivity index (χ2v) is 8.09. The largest absolute Gasteiger partial charge is 0.496 e. The van der Waals surface area contributed by atoms with Crippen molar-refractivity contribution in [3.8, 4) is 5.75 Å². The van der Waals surface area contributed by atoms with Crippen LogP contribution in [0.25, 0.3) is 0 Å². The Morgan fingerprint density at radius 3 is 2.20 bits per heavy atom. The van der Waals surface area contributed by atoms with E-state index in [1.165, 1.54) is 12.1 Å². The van der Waals surface area contributed by atoms with Gasteiger partial charge in [-0.25, -0.2) is 17.5 Å². The third-order valence-corrected chi connectivity index (χ3v) is 5.82. The normalized spacial score (nSPS) is 13.1. The highest BCUT2D eigenvalue weighted by Gasteiger charge is 2.23. The molecule has 0 heterocycles. The second kappa shape index (κ2) is 7.54. The lowest BCUT2D eigenvalue weighted by Crippen LogP contribution is -2.27. The minimum absolute atomic E-state index is 0.124. The maximum Gasteiger partial charge on any atom is 0.241 e. The Labute approximate surface area is 149 Å². The van der Waals surface area contributed by atoms with E-state index in [-0.39, 0.29) is 16.6 Å². The Hall–Kier alpha value is -1.92. The molecule has 0 aliphatic rings. The quantitative estimate of drug-likeness (QED) is 0.830. The Morgan fingerprint density at radius 1 is 1.08 bits per heavy atom. The molecule has 25 heavy (non-hydrogen) atoms. The van der Waals surface area contributed by atoms with E-state index in [1.807, 2.05) is 13.8 Å². The van der Waals surface area contributed by atoms with Crippen LogP contribution in [0.5, 0.6) is 5.75 Å². The van der Waals surface area contributed by atoms with Crippen LogP contribution in [0, 0.1) is 12.7 Å². The van der Waals surface area contributed by atoms with Gasteiger partial charge >= 0.3 is 0 Å². The maximum absolute atomic E-state index is 13.0. The van der Waals surface area contributed by atoms with Crippen molar-refractivity contribution in [2.24, 2.45) is 0 Å². The highest BCUT2D eigenvalue weighted by Crippen LogP contribution is 2.32. The first kappa shape index (κ1) is 19.4. The van der Waals surface area contributed by atoms with Gasteiger partial charge in [-0.15, -0.1) is 0 Å². The summed E-state index contributed by atoms with van der Waals surface area (Å²) in [5, 5.41) is 0. The topological polar surface area (TPSA) is 55.4 Å². The van der Waals surface area contributed by atoms with Gasteiger partial charge in [-0.05, 0) is 60.7 Å². The van der Waals surface area contributed by atoms with E-state index in [0.717, 1.165) is 5.56 Å². The standard InChI is InChI=1S/C19H24FNO3S/c1-12(2)17-11-19(13(3)10-18(17)24-5)25(22,23)21-14(4)15-6-8-16(20)9-7-15/h6-12,14,21H,1-5H3/t14-/m1/s1. The molecule has 0 aromatic heterocycles. The maximum atomic E-state index is 13.0. The molecule has 0 aliphatic heterocycles. The number of methoxy groups -OCH3 is 1. The van der Waals surface area contributed by atoms with Gasteiger partial charge in [0.15, 0.2) is 0 Å². The molecule has 0 unspecified atom stereocenters. The van der Waals surface area contributed by atoms with Crippen molar-refractivity contribution in [1.82, 2.24) is 4.72 Å². The summed E-state index contributed by atoms with van der Waals surface area (Å²) in [5.41, 5.74) is 2.14. The first-order chi connectivity index (χ1) is 11.7. The first-order valence-electron chi connectivity index (χ1n) is 8.12. The van der Waals surface area contributed by atoms with E-state index in [9.17, 15) is 12.8 Å². The zero-order valence-electron chi connectivity index (χ0n) is 15.1. The fraction of sp³-hybridized carbons (Fsp3) is 0.368. The lowest BCUT2D eigenvalue weighted by atomic mass is 10.0. The molecule has 0 saturated carbocycles. The molecule has 0 saturated heterocycles. The van der Waals surface area contributed by atoms with Gasteiger partial charge in [-0.2, -0.15) is 0 Å². The van der Waals surface area contributed by atoms with Crippen LogP contribution in [0.1, 0.15) is 49.4 Å². The molecule has 1 atom stereocenters. The highest BCUT2D eigenvalue weighted by molar-refractivity contribution is 7.89. The summed E-state index contributed by atoms with van der Waals surface area (Å²) in [6.45, 7) is 7.44. The Balaban J connectivity index is 2.38. The molecule has 1 N–H and O–H groups in total. The zero-order valence-corrected chi connectivity index (χ0v) is 15.9. The molecule has 6 heteroatoms. The molecule has 0 bridgehead atoms. The van der Waals surface area contributed by atoms with Gasteiger partial charge < -0.3 is 4.74 Å². The molecular formula is C19H24FNO3S. The predicted octanol–water partition coefficient (Wildman–Crippen LogP) is 4.31. The molecule has 2 aromatic carbocycles. The number of hydrogen-bond donors (Lipinski definition) is 1. The summed E-state index contributed by atoms with van der Waals surface area (Å²) < 4.78 is 46.8. The van der Waals surface area contributed by atoms with Crippen LogP contribution < -0.4 is 9.46 Å². The van der Waals surface area contributed by atoms with E-state index >= 15 is 0 Å². The van der Waals surface area contributed by atoms with Gasteiger partial charge in [0, 0.05) is 6.04 Å². The number of rotatable bonds is 6. The van der Waals surface area contributed by atoms with Gasteiger partial charge in [0.1, 0.15) is 11.6 Å². The van der Waals surface area contributed by atoms with Crippen LogP contribution in [-0.4, -0.2) is 15.5 Å². The Bertz CT molecular complexity index is 846. The average molecular weight is 365 g/mol. The van der Waals surface area contributed by atoms with Crippen LogP contribution in [0.3, 0.4) is 0 Å². The van der Waals surface area contributed by atoms with Crippen molar-refractivity contribution in [3.05, 3.63) is 58.9 Å². The third-order valence-electron chi connectivity index (χ3n) is 4.14. The van der Waals surface area contributed by atoms with Crippen molar-refractivity contribution >= 4 is 10.0 Å². The molecule has 136 valence electrons. The number of benzene rings is 2. The molecule has 0 radical (unpaired) electrons. The lowest BCUT2D eigenvalue weighted by molar-refractivity contribution is 0.406. The van der Waals surface area contributed by atoms with E-state index in [4.69, 9.17) is 4.74 Å². The van der Waals surface area contributed by atoms with Crippen molar-refractivity contribution in [2.45, 2.75) is 44.6 Å². The number of sulfonamides is 1. The molecule has 4 nitrogen and oxygen atoms in total. The first-order valence-corrected chi connectivity index (χ1v) is 9.60. The van der Waals surface area contributed by atoms with Crippen LogP contribution in [-0.2, 0) is 10.0 Å². The lowest BCUT2D eigenvalue weighted by Gasteiger charge is -2.19. The molecule has 0 aliphatic carbocycles. The number of hydrogen-bond acceptors (Lipinski definition) is 3. The van der Waals surface area contributed by atoms with Gasteiger partial charge in [-0.1, -0.05) is 26.0 Å². The Kier molecular flexibility index (Phi) is 5.85. The van der Waals surface area contributed by atoms with E-state index in [2.05, 4.69) is 4.72 Å². The van der Waals surface area contributed by atoms with Crippen LogP contribution in [0.4, 0.5) is 4.39 Å². The summed E-state index contributed by atoms with van der Waals surface area (Å²) in [7, 11) is -2.16. The van der Waals surface area contributed by atoms with Crippen molar-refractivity contribution < 1.29 is 17.5 Å². The number of nitrogens with one attached hydrogen (secondary N) is 1. The Morgan fingerprint density at radius 2 is 1.68 bits per heavy atom. The minimum Gasteiger partial charge on any atom is -0.496 e. The van der Waals surface area contributed by atoms with Crippen LogP contribution >= 0.6 is 0 Å². The van der Waals surface area contributed by atoms with Gasteiger partial charge in [0.25, 0.3) is 0 Å². The summed E-state index contributed by atoms with van der Waals surface area (Å²) in [5.74, 6) is 0.448. The van der Waals surface area contributed by atoms with Gasteiger partial charge in [0.05, 0.1) is 12.0 Å². The van der Waals surface area contributed by atoms with Crippen molar-refractivity contribution in [2.75, 3.05) is 7.11 Å². The summed E-state index contributed by atoms with van der Waals surface area (Å²) in [6, 6.07) is 8.71. The number of aryl methyl sites for hydroxylation is 1. The molecule has 2 rings (SSSR count). The predicted molar refractivity (Wildman–Crippen MR) is 97.0 cm³/mol. The smallest absolute Gasteiger partial charge is 0.241 e. The second-order valence-electron chi connectivity index (χ2n) is 6.41. The molecule has 0 amide bonds. The SMILES string of the molecule is COc1cc(C)c(S(=O)(=O)N[C@H](C)c2ccc(F)cc2)cc1C(C)C. The zero-order chi connectivity index (χ0) is 18.8. The fourth-order valence-corrected chi connectivity index (χ4v) is 4.20. The monoisotopic (exact) mass is 365 g/mol. The number of halogens is 1. The van der Waals surface area contributed by atoms with Crippen molar-refractivity contribution in [1.29, 1.82) is 0 Å². The highest BCUT2D eigenvalue weighted by atomic mass is 32.2. The summed E-state index contributed by atoms with van der Waals surface area (Å²) in [6.07, 6.45) is 0. The van der Waals surface area contributed by atoms with Gasteiger partial charge in [0.2, 0.25) is 10.0 Å². The minimum atomic E-state index is -3.73. The van der Waals surface area contributed by atoms with E-state index in [1.54, 1.807) is 45.2 Å². The molecule has 0 spiro atoms.